The van der Waals surface area contributed by atoms with Gasteiger partial charge in [-0.1, -0.05) is 35.9 Å². The predicted octanol–water partition coefficient (Wildman–Crippen LogP) is 5.10. The van der Waals surface area contributed by atoms with Gasteiger partial charge in [-0.3, -0.25) is 9.59 Å². The van der Waals surface area contributed by atoms with Crippen LogP contribution >= 0.6 is 11.8 Å². The molecule has 1 aliphatic heterocycles. The first-order chi connectivity index (χ1) is 14.9. The maximum atomic E-state index is 12.7. The first-order valence-corrected chi connectivity index (χ1v) is 11.9. The molecule has 1 saturated heterocycles. The molecular formula is C25H33N3O2S. The van der Waals surface area contributed by atoms with Crippen LogP contribution in [0.25, 0.3) is 0 Å². The molecule has 2 amide bonds. The van der Waals surface area contributed by atoms with E-state index < -0.39 is 0 Å². The number of rotatable bonds is 8. The minimum atomic E-state index is -0.154. The van der Waals surface area contributed by atoms with Crippen molar-refractivity contribution < 1.29 is 9.59 Å². The number of anilines is 1. The molecule has 31 heavy (non-hydrogen) atoms. The normalized spacial score (nSPS) is 16.7. The summed E-state index contributed by atoms with van der Waals surface area (Å²) in [5, 5.41) is 5.89. The predicted molar refractivity (Wildman–Crippen MR) is 128 cm³/mol. The molecule has 0 aromatic heterocycles. The Labute approximate surface area is 190 Å². The number of carbonyl (C=O) groups excluding carboxylic acids is 2. The maximum Gasteiger partial charge on any atom is 0.251 e. The quantitative estimate of drug-likeness (QED) is 0.562. The second-order valence-corrected chi connectivity index (χ2v) is 9.41. The van der Waals surface area contributed by atoms with Gasteiger partial charge in [-0.2, -0.15) is 0 Å². The highest BCUT2D eigenvalue weighted by Crippen LogP contribution is 2.34. The van der Waals surface area contributed by atoms with Crippen LogP contribution in [0.3, 0.4) is 0 Å². The third-order valence-corrected chi connectivity index (χ3v) is 6.73. The molecule has 3 rings (SSSR count). The third-order valence-electron chi connectivity index (χ3n) is 5.65. The van der Waals surface area contributed by atoms with Crippen molar-refractivity contribution in [1.29, 1.82) is 0 Å². The molecule has 2 aromatic rings. The molecule has 1 aliphatic rings. The molecule has 1 unspecified atom stereocenters. The Morgan fingerprint density at radius 3 is 2.61 bits per heavy atom. The minimum absolute atomic E-state index is 0.106. The van der Waals surface area contributed by atoms with Gasteiger partial charge < -0.3 is 15.5 Å². The monoisotopic (exact) mass is 439 g/mol. The Bertz CT molecular complexity index is 898. The largest absolute Gasteiger partial charge is 0.352 e. The first kappa shape index (κ1) is 23.4. The summed E-state index contributed by atoms with van der Waals surface area (Å²) in [7, 11) is 0. The smallest absolute Gasteiger partial charge is 0.251 e. The standard InChI is InChI=1S/C25H33N3O2S/c1-18-8-11-22(12-9-18)31-24-13-10-21(17-23(24)27-20(3)29)25(30)26-14-6-16-28-15-5-4-7-19(28)2/h8-13,17,19H,4-7,14-16H2,1-3H3,(H,26,30)(H,27,29). The van der Waals surface area contributed by atoms with Crippen LogP contribution in [0, 0.1) is 6.92 Å². The molecule has 6 heteroatoms. The molecule has 166 valence electrons. The lowest BCUT2D eigenvalue weighted by Gasteiger charge is -2.33. The Balaban J connectivity index is 1.60. The van der Waals surface area contributed by atoms with Gasteiger partial charge in [-0.05, 0) is 70.0 Å². The fourth-order valence-corrected chi connectivity index (χ4v) is 4.74. The summed E-state index contributed by atoms with van der Waals surface area (Å²) < 4.78 is 0. The highest BCUT2D eigenvalue weighted by molar-refractivity contribution is 7.99. The summed E-state index contributed by atoms with van der Waals surface area (Å²) in [5.74, 6) is -0.260. The van der Waals surface area contributed by atoms with Gasteiger partial charge in [0.25, 0.3) is 5.91 Å². The van der Waals surface area contributed by atoms with E-state index in [1.807, 2.05) is 12.1 Å². The van der Waals surface area contributed by atoms with Crippen molar-refractivity contribution in [2.24, 2.45) is 0 Å². The van der Waals surface area contributed by atoms with Crippen LogP contribution in [0.1, 0.15) is 55.5 Å². The van der Waals surface area contributed by atoms with Crippen LogP contribution in [0.2, 0.25) is 0 Å². The van der Waals surface area contributed by atoms with Crippen LogP contribution in [0.5, 0.6) is 0 Å². The van der Waals surface area contributed by atoms with Crippen LogP contribution in [0.15, 0.2) is 52.3 Å². The minimum Gasteiger partial charge on any atom is -0.352 e. The fourth-order valence-electron chi connectivity index (χ4n) is 3.86. The second kappa shape index (κ2) is 11.3. The van der Waals surface area contributed by atoms with E-state index in [0.717, 1.165) is 29.3 Å². The van der Waals surface area contributed by atoms with Gasteiger partial charge >= 0.3 is 0 Å². The zero-order chi connectivity index (χ0) is 22.2. The number of amides is 2. The van der Waals surface area contributed by atoms with Crippen LogP contribution in [-0.2, 0) is 4.79 Å². The number of carbonyl (C=O) groups is 2. The Morgan fingerprint density at radius 2 is 1.90 bits per heavy atom. The average Bonchev–Trinajstić information content (AvgIpc) is 2.74. The summed E-state index contributed by atoms with van der Waals surface area (Å²) in [6.45, 7) is 8.65. The number of likely N-dealkylation sites (tertiary alicyclic amines) is 1. The lowest BCUT2D eigenvalue weighted by Crippen LogP contribution is -2.39. The number of aryl methyl sites for hydroxylation is 1. The molecule has 2 N–H and O–H groups in total. The van der Waals surface area contributed by atoms with Crippen molar-refractivity contribution in [2.75, 3.05) is 25.0 Å². The zero-order valence-corrected chi connectivity index (χ0v) is 19.6. The number of hydrogen-bond donors (Lipinski definition) is 2. The van der Waals surface area contributed by atoms with Crippen molar-refractivity contribution in [3.8, 4) is 0 Å². The van der Waals surface area contributed by atoms with Crippen molar-refractivity contribution in [3.63, 3.8) is 0 Å². The van der Waals surface area contributed by atoms with E-state index in [0.29, 0.717) is 23.8 Å². The molecule has 0 aliphatic carbocycles. The molecular weight excluding hydrogens is 406 g/mol. The first-order valence-electron chi connectivity index (χ1n) is 11.1. The van der Waals surface area contributed by atoms with Gasteiger partial charge in [0, 0.05) is 41.4 Å². The van der Waals surface area contributed by atoms with Gasteiger partial charge in [-0.25, -0.2) is 0 Å². The number of benzene rings is 2. The van der Waals surface area contributed by atoms with Crippen molar-refractivity contribution in [3.05, 3.63) is 53.6 Å². The molecule has 1 heterocycles. The lowest BCUT2D eigenvalue weighted by molar-refractivity contribution is -0.114. The fraction of sp³-hybridized carbons (Fsp3) is 0.440. The van der Waals surface area contributed by atoms with Gasteiger partial charge in [-0.15, -0.1) is 0 Å². The zero-order valence-electron chi connectivity index (χ0n) is 18.7. The van der Waals surface area contributed by atoms with E-state index in [1.165, 1.54) is 31.7 Å². The molecule has 1 fully saturated rings. The van der Waals surface area contributed by atoms with E-state index in [-0.39, 0.29) is 11.8 Å². The maximum absolute atomic E-state index is 12.7. The summed E-state index contributed by atoms with van der Waals surface area (Å²) >= 11 is 1.57. The Kier molecular flexibility index (Phi) is 8.55. The summed E-state index contributed by atoms with van der Waals surface area (Å²) in [6.07, 6.45) is 4.81. The number of nitrogens with one attached hydrogen (secondary N) is 2. The van der Waals surface area contributed by atoms with E-state index in [1.54, 1.807) is 17.8 Å². The Morgan fingerprint density at radius 1 is 1.13 bits per heavy atom. The summed E-state index contributed by atoms with van der Waals surface area (Å²) in [4.78, 5) is 28.9. The van der Waals surface area contributed by atoms with Crippen molar-refractivity contribution >= 4 is 29.3 Å². The van der Waals surface area contributed by atoms with E-state index in [4.69, 9.17) is 0 Å². The molecule has 0 saturated carbocycles. The number of hydrogen-bond acceptors (Lipinski definition) is 4. The van der Waals surface area contributed by atoms with Crippen LogP contribution < -0.4 is 10.6 Å². The van der Waals surface area contributed by atoms with Crippen LogP contribution in [0.4, 0.5) is 5.69 Å². The highest BCUT2D eigenvalue weighted by Gasteiger charge is 2.17. The summed E-state index contributed by atoms with van der Waals surface area (Å²) in [6, 6.07) is 14.4. The molecule has 5 nitrogen and oxygen atoms in total. The average molecular weight is 440 g/mol. The molecule has 0 radical (unpaired) electrons. The summed E-state index contributed by atoms with van der Waals surface area (Å²) in [5.41, 5.74) is 2.42. The number of piperidine rings is 1. The van der Waals surface area contributed by atoms with Gasteiger partial charge in [0.2, 0.25) is 5.91 Å². The van der Waals surface area contributed by atoms with Crippen LogP contribution in [-0.4, -0.2) is 42.4 Å². The van der Waals surface area contributed by atoms with Crippen molar-refractivity contribution in [2.45, 2.75) is 62.3 Å². The van der Waals surface area contributed by atoms with Gasteiger partial charge in [0.15, 0.2) is 0 Å². The van der Waals surface area contributed by atoms with E-state index in [9.17, 15) is 9.59 Å². The number of nitrogens with zero attached hydrogens (tertiary/aromatic N) is 1. The molecule has 2 aromatic carbocycles. The van der Waals surface area contributed by atoms with E-state index >= 15 is 0 Å². The lowest BCUT2D eigenvalue weighted by atomic mass is 10.0. The Hall–Kier alpha value is -2.31. The molecule has 1 atom stereocenters. The third kappa shape index (κ3) is 7.11. The molecule has 0 bridgehead atoms. The molecule has 0 spiro atoms. The second-order valence-electron chi connectivity index (χ2n) is 8.30. The van der Waals surface area contributed by atoms with Gasteiger partial charge in [0.1, 0.15) is 0 Å². The van der Waals surface area contributed by atoms with E-state index in [2.05, 4.69) is 53.6 Å². The van der Waals surface area contributed by atoms with Crippen molar-refractivity contribution in [1.82, 2.24) is 10.2 Å². The topological polar surface area (TPSA) is 61.4 Å². The highest BCUT2D eigenvalue weighted by atomic mass is 32.2. The SMILES string of the molecule is CC(=O)Nc1cc(C(=O)NCCCN2CCCCC2C)ccc1Sc1ccc(C)cc1. The van der Waals surface area contributed by atoms with Gasteiger partial charge in [0.05, 0.1) is 5.69 Å².